The molecular formula is C9H6ClNO5. The second-order valence-corrected chi connectivity index (χ2v) is 3.19. The van der Waals surface area contributed by atoms with Crippen molar-refractivity contribution in [1.82, 2.24) is 0 Å². The van der Waals surface area contributed by atoms with Crippen LogP contribution in [-0.4, -0.2) is 24.3 Å². The van der Waals surface area contributed by atoms with Gasteiger partial charge in [-0.25, -0.2) is 4.79 Å². The van der Waals surface area contributed by atoms with E-state index >= 15 is 0 Å². The van der Waals surface area contributed by atoms with Crippen LogP contribution in [-0.2, 0) is 4.74 Å². The molecule has 0 heterocycles. The molecule has 0 amide bonds. The number of hydrogen-bond donors (Lipinski definition) is 0. The molecule has 0 fully saturated rings. The highest BCUT2D eigenvalue weighted by atomic mass is 35.5. The highest BCUT2D eigenvalue weighted by molar-refractivity contribution is 6.31. The van der Waals surface area contributed by atoms with E-state index in [0.717, 1.165) is 19.2 Å². The molecule has 0 bridgehead atoms. The van der Waals surface area contributed by atoms with E-state index in [0.29, 0.717) is 6.29 Å². The number of nitro benzene ring substituents is 1. The molecule has 0 saturated carbocycles. The van der Waals surface area contributed by atoms with Crippen molar-refractivity contribution in [2.75, 3.05) is 7.11 Å². The fourth-order valence-electron chi connectivity index (χ4n) is 1.17. The minimum Gasteiger partial charge on any atom is -0.465 e. The number of methoxy groups -OCH3 is 1. The van der Waals surface area contributed by atoms with Crippen molar-refractivity contribution in [3.8, 4) is 0 Å². The largest absolute Gasteiger partial charge is 0.465 e. The molecule has 1 rings (SSSR count). The summed E-state index contributed by atoms with van der Waals surface area (Å²) in [6.45, 7) is 0. The Morgan fingerprint density at radius 3 is 2.62 bits per heavy atom. The lowest BCUT2D eigenvalue weighted by atomic mass is 10.1. The number of nitrogens with zero attached hydrogens (tertiary/aromatic N) is 1. The van der Waals surface area contributed by atoms with Gasteiger partial charge in [0.2, 0.25) is 0 Å². The topological polar surface area (TPSA) is 86.5 Å². The van der Waals surface area contributed by atoms with Gasteiger partial charge in [-0.15, -0.1) is 0 Å². The van der Waals surface area contributed by atoms with Gasteiger partial charge in [0, 0.05) is 16.7 Å². The maximum absolute atomic E-state index is 11.3. The molecule has 0 aromatic heterocycles. The quantitative estimate of drug-likeness (QED) is 0.350. The maximum atomic E-state index is 11.3. The lowest BCUT2D eigenvalue weighted by Crippen LogP contribution is -2.09. The smallest absolute Gasteiger partial charge is 0.345 e. The minimum absolute atomic E-state index is 0.00135. The average Bonchev–Trinajstić information content (AvgIpc) is 2.26. The number of carbonyl (C=O) groups is 2. The van der Waals surface area contributed by atoms with Crippen LogP contribution in [0.5, 0.6) is 0 Å². The van der Waals surface area contributed by atoms with Crippen LogP contribution in [0.1, 0.15) is 20.7 Å². The highest BCUT2D eigenvalue weighted by Gasteiger charge is 2.25. The van der Waals surface area contributed by atoms with E-state index in [-0.39, 0.29) is 10.6 Å². The predicted octanol–water partition coefficient (Wildman–Crippen LogP) is 1.85. The van der Waals surface area contributed by atoms with Gasteiger partial charge < -0.3 is 4.74 Å². The second kappa shape index (κ2) is 4.71. The van der Waals surface area contributed by atoms with Crippen molar-refractivity contribution < 1.29 is 19.2 Å². The molecule has 6 nitrogen and oxygen atoms in total. The van der Waals surface area contributed by atoms with Gasteiger partial charge in [0.1, 0.15) is 5.56 Å². The monoisotopic (exact) mass is 243 g/mol. The van der Waals surface area contributed by atoms with Crippen molar-refractivity contribution in [3.05, 3.63) is 38.4 Å². The fraction of sp³-hybridized carbons (Fsp3) is 0.111. The lowest BCUT2D eigenvalue weighted by molar-refractivity contribution is -0.385. The van der Waals surface area contributed by atoms with Crippen molar-refractivity contribution in [2.45, 2.75) is 0 Å². The third kappa shape index (κ3) is 2.17. The zero-order valence-electron chi connectivity index (χ0n) is 8.10. The summed E-state index contributed by atoms with van der Waals surface area (Å²) in [6.07, 6.45) is 0.311. The van der Waals surface area contributed by atoms with Crippen LogP contribution < -0.4 is 0 Å². The van der Waals surface area contributed by atoms with Gasteiger partial charge in [-0.2, -0.15) is 0 Å². The number of halogens is 1. The van der Waals surface area contributed by atoms with Crippen molar-refractivity contribution in [2.24, 2.45) is 0 Å². The summed E-state index contributed by atoms with van der Waals surface area (Å²) in [4.78, 5) is 31.9. The summed E-state index contributed by atoms with van der Waals surface area (Å²) in [7, 11) is 1.06. The van der Waals surface area contributed by atoms with Crippen LogP contribution in [0.3, 0.4) is 0 Å². The number of aldehydes is 1. The second-order valence-electron chi connectivity index (χ2n) is 2.76. The summed E-state index contributed by atoms with van der Waals surface area (Å²) in [5, 5.41) is 10.7. The number of carbonyl (C=O) groups excluding carboxylic acids is 2. The van der Waals surface area contributed by atoms with Crippen molar-refractivity contribution >= 4 is 29.5 Å². The maximum Gasteiger partial charge on any atom is 0.345 e. The van der Waals surface area contributed by atoms with Gasteiger partial charge >= 0.3 is 5.97 Å². The average molecular weight is 244 g/mol. The number of esters is 1. The van der Waals surface area contributed by atoms with Crippen LogP contribution in [0.15, 0.2) is 12.1 Å². The molecule has 1 aromatic carbocycles. The Kier molecular flexibility index (Phi) is 3.57. The van der Waals surface area contributed by atoms with E-state index in [2.05, 4.69) is 4.74 Å². The zero-order chi connectivity index (χ0) is 12.3. The number of hydrogen-bond acceptors (Lipinski definition) is 5. The summed E-state index contributed by atoms with van der Waals surface area (Å²) in [6, 6.07) is 2.15. The normalized spacial score (nSPS) is 9.62. The molecule has 0 aliphatic carbocycles. The van der Waals surface area contributed by atoms with Crippen LogP contribution in [0.4, 0.5) is 5.69 Å². The number of nitro groups is 1. The summed E-state index contributed by atoms with van der Waals surface area (Å²) in [5.74, 6) is -0.953. The SMILES string of the molecule is COC(=O)c1c(C=O)cc(Cl)cc1[N+](=O)[O-]. The zero-order valence-corrected chi connectivity index (χ0v) is 8.85. The van der Waals surface area contributed by atoms with Gasteiger partial charge in [0.25, 0.3) is 5.69 Å². The van der Waals surface area contributed by atoms with Crippen LogP contribution in [0.25, 0.3) is 0 Å². The molecular weight excluding hydrogens is 238 g/mol. The van der Waals surface area contributed by atoms with Gasteiger partial charge in [0.15, 0.2) is 6.29 Å². The molecule has 0 aliphatic heterocycles. The summed E-state index contributed by atoms with van der Waals surface area (Å²) in [5.41, 5.74) is -1.13. The first-order chi connectivity index (χ1) is 7.51. The Morgan fingerprint density at radius 1 is 1.56 bits per heavy atom. The molecule has 7 heteroatoms. The summed E-state index contributed by atoms with van der Waals surface area (Å²) >= 11 is 5.58. The first-order valence-electron chi connectivity index (χ1n) is 4.02. The Bertz CT molecular complexity index is 471. The Labute approximate surface area is 94.9 Å². The Balaban J connectivity index is 3.57. The Hall–Kier alpha value is -1.95. The first kappa shape index (κ1) is 12.1. The van der Waals surface area contributed by atoms with E-state index < -0.39 is 22.1 Å². The van der Waals surface area contributed by atoms with Gasteiger partial charge in [-0.1, -0.05) is 11.6 Å². The molecule has 0 N–H and O–H groups in total. The number of benzene rings is 1. The third-order valence-corrected chi connectivity index (χ3v) is 2.04. The van der Waals surface area contributed by atoms with Crippen molar-refractivity contribution in [3.63, 3.8) is 0 Å². The van der Waals surface area contributed by atoms with Gasteiger partial charge in [0.05, 0.1) is 12.0 Å². The standard InChI is InChI=1S/C9H6ClNO5/c1-16-9(13)8-5(4-12)2-6(10)3-7(8)11(14)15/h2-4H,1H3. The van der Waals surface area contributed by atoms with E-state index in [1.807, 2.05) is 0 Å². The van der Waals surface area contributed by atoms with E-state index in [1.165, 1.54) is 0 Å². The molecule has 1 aromatic rings. The molecule has 0 radical (unpaired) electrons. The molecule has 0 aliphatic rings. The van der Waals surface area contributed by atoms with Gasteiger partial charge in [-0.3, -0.25) is 14.9 Å². The molecule has 0 atom stereocenters. The van der Waals surface area contributed by atoms with E-state index in [9.17, 15) is 19.7 Å². The van der Waals surface area contributed by atoms with Crippen LogP contribution in [0, 0.1) is 10.1 Å². The lowest BCUT2D eigenvalue weighted by Gasteiger charge is -2.04. The van der Waals surface area contributed by atoms with Crippen molar-refractivity contribution in [1.29, 1.82) is 0 Å². The number of ether oxygens (including phenoxy) is 1. The molecule has 16 heavy (non-hydrogen) atoms. The first-order valence-corrected chi connectivity index (χ1v) is 4.40. The van der Waals surface area contributed by atoms with E-state index in [4.69, 9.17) is 11.6 Å². The minimum atomic E-state index is -0.953. The number of rotatable bonds is 3. The molecule has 0 spiro atoms. The Morgan fingerprint density at radius 2 is 2.19 bits per heavy atom. The fourth-order valence-corrected chi connectivity index (χ4v) is 1.40. The highest BCUT2D eigenvalue weighted by Crippen LogP contribution is 2.27. The molecule has 0 unspecified atom stereocenters. The van der Waals surface area contributed by atoms with Crippen LogP contribution in [0.2, 0.25) is 5.02 Å². The molecule has 0 saturated heterocycles. The van der Waals surface area contributed by atoms with Crippen LogP contribution >= 0.6 is 11.6 Å². The summed E-state index contributed by atoms with van der Waals surface area (Å²) < 4.78 is 4.36. The third-order valence-electron chi connectivity index (χ3n) is 1.83. The predicted molar refractivity (Wildman–Crippen MR) is 54.8 cm³/mol. The molecule has 84 valence electrons. The van der Waals surface area contributed by atoms with Gasteiger partial charge in [-0.05, 0) is 6.07 Å². The van der Waals surface area contributed by atoms with E-state index in [1.54, 1.807) is 0 Å².